The van der Waals surface area contributed by atoms with Crippen molar-refractivity contribution >= 4 is 52.2 Å². The predicted octanol–water partition coefficient (Wildman–Crippen LogP) is 4.38. The van der Waals surface area contributed by atoms with Crippen LogP contribution in [-0.4, -0.2) is 50.3 Å². The molecule has 30 heavy (non-hydrogen) atoms. The van der Waals surface area contributed by atoms with Gasteiger partial charge in [0.2, 0.25) is 0 Å². The Balaban J connectivity index is 1.89. The van der Waals surface area contributed by atoms with Gasteiger partial charge in [0.1, 0.15) is 0 Å². The second-order valence-corrected chi connectivity index (χ2v) is 7.55. The summed E-state index contributed by atoms with van der Waals surface area (Å²) in [5, 5.41) is 0.939. The lowest BCUT2D eigenvalue weighted by atomic mass is 10.1. The summed E-state index contributed by atoms with van der Waals surface area (Å²) in [4.78, 5) is 30.7. The largest absolute Gasteiger partial charge is 0.493 e. The van der Waals surface area contributed by atoms with Crippen LogP contribution in [-0.2, 0) is 9.53 Å². The Labute approximate surface area is 183 Å². The van der Waals surface area contributed by atoms with Gasteiger partial charge in [-0.15, -0.1) is 0 Å². The zero-order valence-corrected chi connectivity index (χ0v) is 18.3. The number of amides is 1. The number of benzene rings is 2. The number of carbonyl (C=O) groups excluding carboxylic acids is 2. The van der Waals surface area contributed by atoms with E-state index >= 15 is 0 Å². The normalized spacial score (nSPS) is 16.3. The molecule has 9 heteroatoms. The molecule has 1 aliphatic heterocycles. The second-order valence-electron chi connectivity index (χ2n) is 6.14. The number of aliphatic imine (C=N–C) groups is 1. The highest BCUT2D eigenvalue weighted by Crippen LogP contribution is 2.38. The number of hydrogen-bond donors (Lipinski definition) is 0. The highest BCUT2D eigenvalue weighted by atomic mass is 35.5. The fourth-order valence-corrected chi connectivity index (χ4v) is 3.86. The van der Waals surface area contributed by atoms with Gasteiger partial charge in [-0.25, -0.2) is 9.79 Å². The minimum absolute atomic E-state index is 0.198. The van der Waals surface area contributed by atoms with Crippen LogP contribution in [0.15, 0.2) is 46.3 Å². The summed E-state index contributed by atoms with van der Waals surface area (Å²) in [6.07, 6.45) is 1.69. The van der Waals surface area contributed by atoms with Crippen molar-refractivity contribution in [3.8, 4) is 11.5 Å². The number of rotatable bonds is 5. The molecule has 0 spiro atoms. The van der Waals surface area contributed by atoms with E-state index in [4.69, 9.17) is 21.1 Å². The Morgan fingerprint density at radius 3 is 2.33 bits per heavy atom. The Morgan fingerprint density at radius 2 is 1.73 bits per heavy atom. The summed E-state index contributed by atoms with van der Waals surface area (Å²) in [5.74, 6) is 0.395. The van der Waals surface area contributed by atoms with Gasteiger partial charge in [0.15, 0.2) is 16.7 Å². The fraction of sp³-hybridized carbons (Fsp3) is 0.190. The molecule has 0 aliphatic carbocycles. The molecule has 1 fully saturated rings. The molecule has 2 aromatic carbocycles. The van der Waals surface area contributed by atoms with Gasteiger partial charge in [-0.05, 0) is 53.7 Å². The van der Waals surface area contributed by atoms with Crippen LogP contribution in [0.4, 0.5) is 5.69 Å². The van der Waals surface area contributed by atoms with Gasteiger partial charge in [-0.2, -0.15) is 0 Å². The molecular formula is C21H19ClN2O5S. The average Bonchev–Trinajstić information content (AvgIpc) is 3.02. The van der Waals surface area contributed by atoms with Gasteiger partial charge >= 0.3 is 5.97 Å². The molecule has 1 saturated heterocycles. The van der Waals surface area contributed by atoms with Crippen molar-refractivity contribution in [3.05, 3.63) is 57.5 Å². The van der Waals surface area contributed by atoms with Crippen LogP contribution in [0.5, 0.6) is 11.5 Å². The smallest absolute Gasteiger partial charge is 0.337 e. The standard InChI is InChI=1S/C21H19ClN2O5S/c1-24-19(25)18(10-13-9-16(27-2)17(28-3)11-15(13)22)30-21(24)23-14-7-5-12(6-8-14)20(26)29-4/h5-11H,1-4H3/b18-10-,23-21?. The summed E-state index contributed by atoms with van der Waals surface area (Å²) in [6.45, 7) is 0. The van der Waals surface area contributed by atoms with Gasteiger partial charge in [0.25, 0.3) is 5.91 Å². The Hall–Kier alpha value is -2.97. The van der Waals surface area contributed by atoms with Gasteiger partial charge < -0.3 is 14.2 Å². The summed E-state index contributed by atoms with van der Waals surface area (Å²) >= 11 is 7.56. The van der Waals surface area contributed by atoms with Gasteiger partial charge in [0, 0.05) is 13.1 Å². The van der Waals surface area contributed by atoms with Gasteiger partial charge in [-0.3, -0.25) is 9.69 Å². The van der Waals surface area contributed by atoms with Crippen LogP contribution in [0.1, 0.15) is 15.9 Å². The molecule has 0 aromatic heterocycles. The van der Waals surface area contributed by atoms with E-state index in [0.717, 1.165) is 0 Å². The van der Waals surface area contributed by atoms with E-state index in [1.807, 2.05) is 0 Å². The molecule has 1 heterocycles. The van der Waals surface area contributed by atoms with Crippen LogP contribution in [0, 0.1) is 0 Å². The first kappa shape index (κ1) is 21.7. The highest BCUT2D eigenvalue weighted by molar-refractivity contribution is 8.18. The van der Waals surface area contributed by atoms with Crippen molar-refractivity contribution in [2.45, 2.75) is 0 Å². The van der Waals surface area contributed by atoms with E-state index in [0.29, 0.717) is 43.4 Å². The molecule has 3 rings (SSSR count). The first-order valence-electron chi connectivity index (χ1n) is 8.74. The van der Waals surface area contributed by atoms with E-state index in [2.05, 4.69) is 9.73 Å². The third-order valence-electron chi connectivity index (χ3n) is 4.31. The highest BCUT2D eigenvalue weighted by Gasteiger charge is 2.30. The molecule has 0 saturated carbocycles. The van der Waals surface area contributed by atoms with E-state index < -0.39 is 5.97 Å². The molecule has 156 valence electrons. The van der Waals surface area contributed by atoms with Crippen molar-refractivity contribution in [3.63, 3.8) is 0 Å². The SMILES string of the molecule is COC(=O)c1ccc(N=C2S/C(=C\c3cc(OC)c(OC)cc3Cl)C(=O)N2C)cc1. The van der Waals surface area contributed by atoms with Crippen LogP contribution in [0.3, 0.4) is 0 Å². The van der Waals surface area contributed by atoms with Crippen molar-refractivity contribution in [2.75, 3.05) is 28.4 Å². The quantitative estimate of drug-likeness (QED) is 0.501. The first-order valence-corrected chi connectivity index (χ1v) is 9.93. The lowest BCUT2D eigenvalue weighted by Crippen LogP contribution is -2.23. The number of nitrogens with zero attached hydrogens (tertiary/aromatic N) is 2. The minimum atomic E-state index is -0.422. The zero-order valence-electron chi connectivity index (χ0n) is 16.8. The van der Waals surface area contributed by atoms with Crippen molar-refractivity contribution in [1.82, 2.24) is 4.90 Å². The fourth-order valence-electron chi connectivity index (χ4n) is 2.67. The molecule has 0 N–H and O–H groups in total. The van der Waals surface area contributed by atoms with Crippen LogP contribution < -0.4 is 9.47 Å². The lowest BCUT2D eigenvalue weighted by molar-refractivity contribution is -0.121. The third kappa shape index (κ3) is 4.44. The number of likely N-dealkylation sites (N-methyl/N-ethyl adjacent to an activating group) is 1. The molecule has 1 aliphatic rings. The van der Waals surface area contributed by atoms with Gasteiger partial charge in [-0.1, -0.05) is 11.6 Å². The number of hydrogen-bond acceptors (Lipinski definition) is 7. The number of thioether (sulfide) groups is 1. The summed E-state index contributed by atoms with van der Waals surface area (Å²) in [5.41, 5.74) is 1.66. The average molecular weight is 447 g/mol. The molecule has 0 radical (unpaired) electrons. The van der Waals surface area contributed by atoms with Crippen molar-refractivity contribution in [1.29, 1.82) is 0 Å². The Kier molecular flexibility index (Phi) is 6.69. The zero-order chi connectivity index (χ0) is 21.8. The van der Waals surface area contributed by atoms with Crippen LogP contribution >= 0.6 is 23.4 Å². The maximum atomic E-state index is 12.7. The molecule has 0 unspecified atom stereocenters. The number of ether oxygens (including phenoxy) is 3. The van der Waals surface area contributed by atoms with Crippen LogP contribution in [0.25, 0.3) is 6.08 Å². The maximum Gasteiger partial charge on any atom is 0.337 e. The first-order chi connectivity index (χ1) is 14.4. The number of carbonyl (C=O) groups is 2. The van der Waals surface area contributed by atoms with E-state index in [-0.39, 0.29) is 5.91 Å². The maximum absolute atomic E-state index is 12.7. The molecule has 0 atom stereocenters. The minimum Gasteiger partial charge on any atom is -0.493 e. The number of amidine groups is 1. The topological polar surface area (TPSA) is 77.4 Å². The Morgan fingerprint density at radius 1 is 1.10 bits per heavy atom. The Bertz CT molecular complexity index is 1050. The lowest BCUT2D eigenvalue weighted by Gasteiger charge is -2.10. The summed E-state index contributed by atoms with van der Waals surface area (Å²) in [6, 6.07) is 9.96. The van der Waals surface area contributed by atoms with E-state index in [1.54, 1.807) is 49.5 Å². The molecule has 0 bridgehead atoms. The summed E-state index contributed by atoms with van der Waals surface area (Å²) < 4.78 is 15.2. The number of esters is 1. The predicted molar refractivity (Wildman–Crippen MR) is 118 cm³/mol. The van der Waals surface area contributed by atoms with Crippen molar-refractivity contribution < 1.29 is 23.8 Å². The third-order valence-corrected chi connectivity index (χ3v) is 5.69. The second kappa shape index (κ2) is 9.23. The monoisotopic (exact) mass is 446 g/mol. The number of methoxy groups -OCH3 is 3. The molecule has 2 aromatic rings. The molecule has 7 nitrogen and oxygen atoms in total. The number of halogens is 1. The summed E-state index contributed by atoms with van der Waals surface area (Å²) in [7, 11) is 6.03. The molecule has 1 amide bonds. The van der Waals surface area contributed by atoms with Gasteiger partial charge in [0.05, 0.1) is 42.5 Å². The van der Waals surface area contributed by atoms with E-state index in [1.165, 1.54) is 38.0 Å². The van der Waals surface area contributed by atoms with E-state index in [9.17, 15) is 9.59 Å². The molecular weight excluding hydrogens is 428 g/mol. The van der Waals surface area contributed by atoms with Crippen molar-refractivity contribution in [2.24, 2.45) is 4.99 Å². The van der Waals surface area contributed by atoms with Crippen LogP contribution in [0.2, 0.25) is 5.02 Å².